The van der Waals surface area contributed by atoms with Crippen molar-refractivity contribution in [2.24, 2.45) is 11.1 Å². The van der Waals surface area contributed by atoms with Crippen molar-refractivity contribution < 1.29 is 33.8 Å². The van der Waals surface area contributed by atoms with Crippen LogP contribution in [0.2, 0.25) is 0 Å². The van der Waals surface area contributed by atoms with E-state index in [2.05, 4.69) is 10.3 Å². The Balaban J connectivity index is 1.62. The third-order valence-electron chi connectivity index (χ3n) is 9.09. The highest BCUT2D eigenvalue weighted by Crippen LogP contribution is 2.41. The van der Waals surface area contributed by atoms with Gasteiger partial charge in [-0.05, 0) is 81.6 Å². The number of unbranched alkanes of at least 4 members (excludes halogenated alkanes) is 1. The van der Waals surface area contributed by atoms with Gasteiger partial charge in [0.1, 0.15) is 17.9 Å². The van der Waals surface area contributed by atoms with Crippen LogP contribution in [-0.4, -0.2) is 88.8 Å². The monoisotopic (exact) mass is 708 g/mol. The average molecular weight is 709 g/mol. The van der Waals surface area contributed by atoms with Gasteiger partial charge in [0.2, 0.25) is 11.8 Å². The minimum absolute atomic E-state index is 0.0148. The van der Waals surface area contributed by atoms with Crippen molar-refractivity contribution in [2.75, 3.05) is 33.2 Å². The van der Waals surface area contributed by atoms with Crippen LogP contribution < -0.4 is 15.8 Å². The largest absolute Gasteiger partial charge is 0.480 e. The maximum Gasteiger partial charge on any atom is 0.415 e. The smallest absolute Gasteiger partial charge is 0.415 e. The number of amides is 3. The summed E-state index contributed by atoms with van der Waals surface area (Å²) in [6.45, 7) is 10.5. The van der Waals surface area contributed by atoms with Crippen molar-refractivity contribution in [3.8, 4) is 11.8 Å². The summed E-state index contributed by atoms with van der Waals surface area (Å²) in [4.78, 5) is 70.2. The summed E-state index contributed by atoms with van der Waals surface area (Å²) in [6, 6.07) is 6.00. The first-order valence-electron chi connectivity index (χ1n) is 16.7. The molecule has 2 aromatic rings. The van der Waals surface area contributed by atoms with E-state index >= 15 is 0 Å². The normalized spacial score (nSPS) is 14.0. The number of carbonyl (C=O) groups excluding carboxylic acids is 4. The summed E-state index contributed by atoms with van der Waals surface area (Å²) in [5.74, 6) is -1.10. The van der Waals surface area contributed by atoms with E-state index in [4.69, 9.17) is 15.6 Å². The molecule has 0 bridgehead atoms. The fraction of sp³-hybridized carbons (Fsp3) is 0.528. The summed E-state index contributed by atoms with van der Waals surface area (Å²) in [5.41, 5.74) is 8.99. The number of carboxylic acids is 1. The van der Waals surface area contributed by atoms with E-state index in [0.717, 1.165) is 16.7 Å². The number of Topliss-reactive ketones (excluding diaryl/α,β-unsaturated/α-hetero) is 1. The minimum Gasteiger partial charge on any atom is -0.480 e. The second kappa shape index (κ2) is 17.9. The van der Waals surface area contributed by atoms with Crippen molar-refractivity contribution in [3.05, 3.63) is 45.5 Å². The molecule has 13 nitrogen and oxygen atoms in total. The number of likely N-dealkylation sites (N-methyl/N-ethyl adjacent to an activating group) is 1. The van der Waals surface area contributed by atoms with Crippen LogP contribution >= 0.6 is 11.3 Å². The van der Waals surface area contributed by atoms with E-state index < -0.39 is 23.5 Å². The summed E-state index contributed by atoms with van der Waals surface area (Å²) >= 11 is 1.19. The van der Waals surface area contributed by atoms with Gasteiger partial charge in [0.15, 0.2) is 10.8 Å². The first kappa shape index (κ1) is 39.8. The Morgan fingerprint density at radius 1 is 1.12 bits per heavy atom. The lowest BCUT2D eigenvalue weighted by atomic mass is 9.72. The lowest BCUT2D eigenvalue weighted by molar-refractivity contribution is -0.138. The van der Waals surface area contributed by atoms with Crippen LogP contribution in [0.15, 0.2) is 40.5 Å². The molecule has 0 spiro atoms. The SMILES string of the molecule is CC1=C(C)C(=O)C(C)=C(C(C)(C)CC(=O)N(C)CCN(CCCC(=O)NCCCCC(N)C(=O)O)C(=O)Oc2ccc3nc(C#N)sc3c2)C1. The molecule has 1 aliphatic carbocycles. The predicted molar refractivity (Wildman–Crippen MR) is 190 cm³/mol. The molecule has 50 heavy (non-hydrogen) atoms. The predicted octanol–water partition coefficient (Wildman–Crippen LogP) is 4.95. The number of benzene rings is 1. The van der Waals surface area contributed by atoms with Gasteiger partial charge in [0.05, 0.1) is 10.2 Å². The topological polar surface area (TPSA) is 196 Å². The Hall–Kier alpha value is -4.61. The van der Waals surface area contributed by atoms with Crippen LogP contribution in [0.5, 0.6) is 5.75 Å². The van der Waals surface area contributed by atoms with Crippen molar-refractivity contribution in [1.29, 1.82) is 5.26 Å². The molecule has 3 rings (SSSR count). The van der Waals surface area contributed by atoms with E-state index in [9.17, 15) is 29.2 Å². The molecule has 3 amide bonds. The van der Waals surface area contributed by atoms with E-state index in [1.807, 2.05) is 40.7 Å². The lowest BCUT2D eigenvalue weighted by Gasteiger charge is -2.34. The van der Waals surface area contributed by atoms with Gasteiger partial charge in [-0.2, -0.15) is 5.26 Å². The zero-order valence-electron chi connectivity index (χ0n) is 29.8. The summed E-state index contributed by atoms with van der Waals surface area (Å²) in [5, 5.41) is 21.2. The van der Waals surface area contributed by atoms with Crippen molar-refractivity contribution in [3.63, 3.8) is 0 Å². The van der Waals surface area contributed by atoms with Gasteiger partial charge >= 0.3 is 12.1 Å². The highest BCUT2D eigenvalue weighted by molar-refractivity contribution is 7.19. The Morgan fingerprint density at radius 2 is 1.84 bits per heavy atom. The van der Waals surface area contributed by atoms with Crippen LogP contribution in [0.4, 0.5) is 4.79 Å². The Bertz CT molecular complexity index is 1720. The molecule has 1 heterocycles. The van der Waals surface area contributed by atoms with Crippen molar-refractivity contribution in [1.82, 2.24) is 20.1 Å². The number of carboxylic acid groups (broad SMARTS) is 1. The molecule has 1 aromatic carbocycles. The molecule has 270 valence electrons. The number of hydrogen-bond donors (Lipinski definition) is 3. The van der Waals surface area contributed by atoms with Gasteiger partial charge in [-0.25, -0.2) is 9.78 Å². The number of nitrogens with zero attached hydrogens (tertiary/aromatic N) is 4. The van der Waals surface area contributed by atoms with Crippen LogP contribution in [-0.2, 0) is 19.2 Å². The summed E-state index contributed by atoms with van der Waals surface area (Å²) in [6.07, 6.45) is 2.13. The number of nitriles is 1. The molecule has 0 radical (unpaired) electrons. The Labute approximate surface area is 297 Å². The van der Waals surface area contributed by atoms with E-state index in [1.54, 1.807) is 30.1 Å². The fourth-order valence-corrected chi connectivity index (χ4v) is 6.53. The van der Waals surface area contributed by atoms with Gasteiger partial charge < -0.3 is 30.7 Å². The number of thiazole rings is 1. The molecule has 0 aliphatic heterocycles. The molecule has 14 heteroatoms. The molecular weight excluding hydrogens is 660 g/mol. The third kappa shape index (κ3) is 10.9. The molecule has 4 N–H and O–H groups in total. The highest BCUT2D eigenvalue weighted by atomic mass is 32.1. The van der Waals surface area contributed by atoms with Gasteiger partial charge in [0, 0.05) is 52.1 Å². The molecule has 0 fully saturated rings. The van der Waals surface area contributed by atoms with Crippen molar-refractivity contribution in [2.45, 2.75) is 85.6 Å². The van der Waals surface area contributed by atoms with E-state index in [-0.39, 0.29) is 55.8 Å². The number of nitrogens with two attached hydrogens (primary N) is 1. The highest BCUT2D eigenvalue weighted by Gasteiger charge is 2.34. The zero-order valence-corrected chi connectivity index (χ0v) is 30.6. The van der Waals surface area contributed by atoms with Gasteiger partial charge in [-0.15, -0.1) is 11.3 Å². The number of nitrogens with one attached hydrogen (secondary N) is 1. The summed E-state index contributed by atoms with van der Waals surface area (Å²) < 4.78 is 6.38. The molecule has 1 unspecified atom stereocenters. The molecular formula is C36H48N6O7S. The van der Waals surface area contributed by atoms with Gasteiger partial charge in [-0.3, -0.25) is 19.2 Å². The Morgan fingerprint density at radius 3 is 2.52 bits per heavy atom. The number of rotatable bonds is 17. The van der Waals surface area contributed by atoms with Crippen LogP contribution in [0.1, 0.15) is 84.6 Å². The van der Waals surface area contributed by atoms with Crippen LogP contribution in [0.3, 0.4) is 0 Å². The lowest BCUT2D eigenvalue weighted by Crippen LogP contribution is -2.42. The number of fused-ring (bicyclic) bond motifs is 1. The van der Waals surface area contributed by atoms with E-state index in [0.29, 0.717) is 59.4 Å². The first-order chi connectivity index (χ1) is 23.5. The molecule has 1 atom stereocenters. The first-order valence-corrected chi connectivity index (χ1v) is 17.5. The Kier molecular flexibility index (Phi) is 14.2. The molecule has 0 saturated carbocycles. The number of hydrogen-bond acceptors (Lipinski definition) is 10. The number of ketones is 1. The maximum atomic E-state index is 13.4. The van der Waals surface area contributed by atoms with Crippen LogP contribution in [0, 0.1) is 16.7 Å². The zero-order chi connectivity index (χ0) is 37.2. The second-order valence-corrected chi connectivity index (χ2v) is 14.4. The average Bonchev–Trinajstić information content (AvgIpc) is 3.48. The van der Waals surface area contributed by atoms with Crippen LogP contribution in [0.25, 0.3) is 10.2 Å². The number of ether oxygens (including phenoxy) is 1. The third-order valence-corrected chi connectivity index (χ3v) is 10.0. The molecule has 0 saturated heterocycles. The number of aliphatic carboxylic acids is 1. The number of aromatic nitrogens is 1. The second-order valence-electron chi connectivity index (χ2n) is 13.4. The number of allylic oxidation sites excluding steroid dienone is 4. The fourth-order valence-electron chi connectivity index (χ4n) is 5.74. The number of carbonyl (C=O) groups is 5. The summed E-state index contributed by atoms with van der Waals surface area (Å²) in [7, 11) is 1.67. The minimum atomic E-state index is -1.05. The standard InChI is InChI=1S/C36H48N6O7S/c1-22-18-26(24(3)33(45)23(22)2)36(4,5)20-32(44)41(6)16-17-42(15-9-11-30(43)39-14-8-7-10-27(38)34(46)47)35(48)49-25-12-13-28-29(19-25)50-31(21-37)40-28/h12-13,19,27H,7-11,14-18,20,38H2,1-6H3,(H,39,43)(H,46,47). The molecule has 1 aliphatic rings. The maximum absolute atomic E-state index is 13.4. The van der Waals surface area contributed by atoms with Crippen molar-refractivity contribution >= 4 is 51.2 Å². The quantitative estimate of drug-likeness (QED) is 0.189. The molecule has 1 aromatic heterocycles. The van der Waals surface area contributed by atoms with Gasteiger partial charge in [-0.1, -0.05) is 25.0 Å². The van der Waals surface area contributed by atoms with E-state index in [1.165, 1.54) is 16.2 Å². The van der Waals surface area contributed by atoms with Gasteiger partial charge in [0.25, 0.3) is 0 Å².